The van der Waals surface area contributed by atoms with E-state index in [4.69, 9.17) is 0 Å². The first-order valence-electron chi connectivity index (χ1n) is 4.39. The Kier molecular flexibility index (Phi) is 33.2. The van der Waals surface area contributed by atoms with Crippen molar-refractivity contribution < 1.29 is 59.1 Å². The molecule has 1 atom stereocenters. The van der Waals surface area contributed by atoms with Gasteiger partial charge in [0.15, 0.2) is 0 Å². The van der Waals surface area contributed by atoms with Crippen LogP contribution in [0, 0.1) is 0 Å². The monoisotopic (exact) mass is 269 g/mol. The van der Waals surface area contributed by atoms with Gasteiger partial charge >= 0.3 is 0 Å². The van der Waals surface area contributed by atoms with Crippen LogP contribution in [-0.4, -0.2) is 37.4 Å². The number of halogens is 3. The lowest BCUT2D eigenvalue weighted by atomic mass is 10.2. The molecule has 7 heteroatoms. The van der Waals surface area contributed by atoms with E-state index >= 15 is 0 Å². The average molecular weight is 271 g/mol. The zero-order chi connectivity index (χ0) is 8.53. The van der Waals surface area contributed by atoms with Gasteiger partial charge in [-0.3, -0.25) is 0 Å². The van der Waals surface area contributed by atoms with E-state index in [9.17, 15) is 5.11 Å². The molecule has 0 amide bonds. The van der Waals surface area contributed by atoms with Gasteiger partial charge in [-0.25, -0.2) is 0 Å². The van der Waals surface area contributed by atoms with Crippen LogP contribution < -0.4 is 54.0 Å². The molecule has 0 aromatic carbocycles. The Morgan fingerprint density at radius 2 is 1.64 bits per heavy atom. The van der Waals surface area contributed by atoms with Crippen LogP contribution in [0.1, 0.15) is 12.8 Å². The second-order valence-corrected chi connectivity index (χ2v) is 2.82. The zero-order valence-corrected chi connectivity index (χ0v) is 10.7. The molecule has 0 aliphatic carbocycles. The van der Waals surface area contributed by atoms with Gasteiger partial charge in [0.1, 0.15) is 12.6 Å². The molecular weight excluding hydrogens is 248 g/mol. The van der Waals surface area contributed by atoms with E-state index in [0.717, 1.165) is 39.0 Å². The van der Waals surface area contributed by atoms with Crippen molar-refractivity contribution >= 4 is 0 Å². The van der Waals surface area contributed by atoms with Crippen molar-refractivity contribution in [2.75, 3.05) is 26.2 Å². The van der Waals surface area contributed by atoms with Gasteiger partial charge in [0, 0.05) is 12.8 Å². The minimum atomic E-state index is -0.169. The van der Waals surface area contributed by atoms with Crippen molar-refractivity contribution in [3.05, 3.63) is 0 Å². The maximum atomic E-state index is 9.26. The summed E-state index contributed by atoms with van der Waals surface area (Å²) in [5.74, 6) is 0. The molecule has 0 unspecified atom stereocenters. The Balaban J connectivity index is -0.000000167. The molecule has 4 nitrogen and oxygen atoms in total. The third-order valence-corrected chi connectivity index (χ3v) is 1.63. The van der Waals surface area contributed by atoms with Crippen LogP contribution in [-0.2, 0) is 0 Å². The highest BCUT2D eigenvalue weighted by Gasteiger charge is 2.04. The van der Waals surface area contributed by atoms with Gasteiger partial charge in [0.2, 0.25) is 0 Å². The molecule has 0 fully saturated rings. The van der Waals surface area contributed by atoms with Gasteiger partial charge in [-0.05, 0) is 0 Å². The largest absolute Gasteiger partial charge is 1.00 e. The summed E-state index contributed by atoms with van der Waals surface area (Å²) in [7, 11) is 0. The molecular formula is C7H22Cl3N3O. The first-order chi connectivity index (χ1) is 5.31. The maximum absolute atomic E-state index is 9.26. The van der Waals surface area contributed by atoms with Gasteiger partial charge in [-0.15, -0.1) is 0 Å². The van der Waals surface area contributed by atoms with Crippen molar-refractivity contribution in [1.82, 2.24) is 0 Å². The van der Waals surface area contributed by atoms with Crippen LogP contribution in [0.5, 0.6) is 0 Å². The fourth-order valence-corrected chi connectivity index (χ4v) is 0.952. The first kappa shape index (κ1) is 24.1. The third-order valence-electron chi connectivity index (χ3n) is 1.63. The molecule has 0 aromatic heterocycles. The summed E-state index contributed by atoms with van der Waals surface area (Å²) in [6.07, 6.45) is 1.79. The van der Waals surface area contributed by atoms with E-state index in [1.807, 2.05) is 0 Å². The van der Waals surface area contributed by atoms with Crippen molar-refractivity contribution in [2.24, 2.45) is 0 Å². The molecule has 0 saturated heterocycles. The number of rotatable bonds is 7. The summed E-state index contributed by atoms with van der Waals surface area (Å²) < 4.78 is 0. The maximum Gasteiger partial charge on any atom is 0.108 e. The molecule has 0 aliphatic rings. The summed E-state index contributed by atoms with van der Waals surface area (Å²) in [5.41, 5.74) is 7.43. The summed E-state index contributed by atoms with van der Waals surface area (Å²) in [5, 5.41) is 11.4. The van der Waals surface area contributed by atoms with Crippen LogP contribution in [0.25, 0.3) is 0 Å². The van der Waals surface area contributed by atoms with Crippen LogP contribution in [0.3, 0.4) is 0 Å². The summed E-state index contributed by atoms with van der Waals surface area (Å²) in [6.45, 7) is 3.71. The van der Waals surface area contributed by atoms with Gasteiger partial charge in [-0.1, -0.05) is 0 Å². The molecule has 14 heavy (non-hydrogen) atoms. The molecule has 92 valence electrons. The SMILES string of the molecule is [Cl-].[Cl-].[Cl-].[NH3+]CCC[NH2+]C[C@H](O)CC[NH3+]. The highest BCUT2D eigenvalue weighted by Crippen LogP contribution is 1.81. The Hall–Kier alpha value is 0.710. The van der Waals surface area contributed by atoms with Crippen LogP contribution in [0.15, 0.2) is 0 Å². The molecule has 0 aromatic rings. The van der Waals surface area contributed by atoms with E-state index in [0.29, 0.717) is 0 Å². The van der Waals surface area contributed by atoms with E-state index in [1.165, 1.54) is 0 Å². The lowest BCUT2D eigenvalue weighted by molar-refractivity contribution is -0.663. The topological polar surface area (TPSA) is 92.1 Å². The fourth-order valence-electron chi connectivity index (χ4n) is 0.952. The lowest BCUT2D eigenvalue weighted by Gasteiger charge is -2.05. The minimum absolute atomic E-state index is 0. The molecule has 9 N–H and O–H groups in total. The Labute approximate surface area is 104 Å². The van der Waals surface area contributed by atoms with Crippen LogP contribution in [0.4, 0.5) is 0 Å². The number of nitrogens with two attached hydrogens (primary N) is 1. The van der Waals surface area contributed by atoms with Gasteiger partial charge in [0.25, 0.3) is 0 Å². The lowest BCUT2D eigenvalue weighted by Crippen LogP contribution is -3.00. The van der Waals surface area contributed by atoms with Crippen LogP contribution >= 0.6 is 0 Å². The van der Waals surface area contributed by atoms with Crippen molar-refractivity contribution in [1.29, 1.82) is 0 Å². The summed E-state index contributed by atoms with van der Waals surface area (Å²) >= 11 is 0. The predicted molar refractivity (Wildman–Crippen MR) is 42.4 cm³/mol. The van der Waals surface area contributed by atoms with Gasteiger partial charge < -0.3 is 59.1 Å². The second-order valence-electron chi connectivity index (χ2n) is 2.82. The number of quaternary nitrogens is 3. The number of hydrogen-bond acceptors (Lipinski definition) is 1. The zero-order valence-electron chi connectivity index (χ0n) is 8.39. The first-order valence-corrected chi connectivity index (χ1v) is 4.39. The second kappa shape index (κ2) is 19.3. The molecule has 0 spiro atoms. The average Bonchev–Trinajstić information content (AvgIpc) is 1.99. The van der Waals surface area contributed by atoms with Gasteiger partial charge in [-0.2, -0.15) is 0 Å². The Morgan fingerprint density at radius 1 is 1.07 bits per heavy atom. The van der Waals surface area contributed by atoms with Crippen molar-refractivity contribution in [3.8, 4) is 0 Å². The molecule has 0 rings (SSSR count). The molecule has 0 bridgehead atoms. The van der Waals surface area contributed by atoms with E-state index in [1.54, 1.807) is 0 Å². The molecule has 0 aliphatic heterocycles. The Morgan fingerprint density at radius 3 is 2.07 bits per heavy atom. The van der Waals surface area contributed by atoms with E-state index in [2.05, 4.69) is 16.8 Å². The molecule has 0 saturated carbocycles. The standard InChI is InChI=1S/C7H19N3O.3ClH/c8-3-1-5-10-6-7(11)2-4-9;;;/h7,10-11H,1-6,8-9H2;3*1H/t7-;;;/m1.../s1. The number of hydrogen-bond donors (Lipinski definition) is 4. The highest BCUT2D eigenvalue weighted by atomic mass is 35.5. The smallest absolute Gasteiger partial charge is 0.108 e. The number of aliphatic hydroxyl groups is 1. The van der Waals surface area contributed by atoms with Crippen molar-refractivity contribution in [3.63, 3.8) is 0 Å². The highest BCUT2D eigenvalue weighted by molar-refractivity contribution is 4.48. The summed E-state index contributed by atoms with van der Waals surface area (Å²) in [6, 6.07) is 0. The molecule has 0 radical (unpaired) electrons. The number of aliphatic hydroxyl groups excluding tert-OH is 1. The van der Waals surface area contributed by atoms with E-state index < -0.39 is 0 Å². The Bertz CT molecular complexity index is 90.6. The normalized spacial score (nSPS) is 10.5. The third kappa shape index (κ3) is 18.5. The minimum Gasteiger partial charge on any atom is -1.00 e. The molecule has 0 heterocycles. The fraction of sp³-hybridized carbons (Fsp3) is 1.00. The van der Waals surface area contributed by atoms with Gasteiger partial charge in [0.05, 0.1) is 19.6 Å². The van der Waals surface area contributed by atoms with E-state index in [-0.39, 0.29) is 43.3 Å². The van der Waals surface area contributed by atoms with Crippen LogP contribution in [0.2, 0.25) is 0 Å². The predicted octanol–water partition coefficient (Wildman–Crippen LogP) is -12.8. The quantitative estimate of drug-likeness (QED) is 0.340. The summed E-state index contributed by atoms with van der Waals surface area (Å²) in [4.78, 5) is 0. The van der Waals surface area contributed by atoms with Crippen molar-refractivity contribution in [2.45, 2.75) is 18.9 Å².